The molecule has 0 aromatic heterocycles. The van der Waals surface area contributed by atoms with Crippen molar-refractivity contribution < 1.29 is 4.74 Å². The summed E-state index contributed by atoms with van der Waals surface area (Å²) >= 11 is 0. The minimum atomic E-state index is 0.725. The molecule has 0 fully saturated rings. The molecule has 18 heavy (non-hydrogen) atoms. The highest BCUT2D eigenvalue weighted by Crippen LogP contribution is 2.40. The summed E-state index contributed by atoms with van der Waals surface area (Å²) in [5, 5.41) is 6.74. The van der Waals surface area contributed by atoms with Gasteiger partial charge in [0.2, 0.25) is 0 Å². The molecule has 0 saturated heterocycles. The Hall–Kier alpha value is -2.00. The van der Waals surface area contributed by atoms with Crippen molar-refractivity contribution >= 4 is 11.4 Å². The van der Waals surface area contributed by atoms with Crippen molar-refractivity contribution in [3.63, 3.8) is 0 Å². The third-order valence-electron chi connectivity index (χ3n) is 3.68. The van der Waals surface area contributed by atoms with Crippen molar-refractivity contribution in [3.8, 4) is 11.1 Å². The molecule has 2 heterocycles. The van der Waals surface area contributed by atoms with Gasteiger partial charge in [0.1, 0.15) is 0 Å². The van der Waals surface area contributed by atoms with Crippen LogP contribution in [-0.4, -0.2) is 6.67 Å². The Morgan fingerprint density at radius 1 is 0.889 bits per heavy atom. The van der Waals surface area contributed by atoms with Crippen LogP contribution in [0.2, 0.25) is 0 Å². The molecule has 4 rings (SSSR count). The van der Waals surface area contributed by atoms with Gasteiger partial charge >= 0.3 is 0 Å². The molecule has 2 N–H and O–H groups in total. The van der Waals surface area contributed by atoms with Crippen molar-refractivity contribution in [2.75, 3.05) is 17.3 Å². The summed E-state index contributed by atoms with van der Waals surface area (Å²) in [5.41, 5.74) is 7.59. The van der Waals surface area contributed by atoms with E-state index in [1.165, 1.54) is 33.6 Å². The number of hydrogen-bond acceptors (Lipinski definition) is 3. The Kier molecular flexibility index (Phi) is 2.08. The van der Waals surface area contributed by atoms with Crippen LogP contribution in [0, 0.1) is 0 Å². The van der Waals surface area contributed by atoms with Crippen LogP contribution in [0.25, 0.3) is 11.1 Å². The lowest BCUT2D eigenvalue weighted by Crippen LogP contribution is -1.99. The van der Waals surface area contributed by atoms with Crippen molar-refractivity contribution in [1.29, 1.82) is 0 Å². The lowest BCUT2D eigenvalue weighted by Gasteiger charge is -2.11. The zero-order valence-corrected chi connectivity index (χ0v) is 9.99. The molecule has 0 unspecified atom stereocenters. The van der Waals surface area contributed by atoms with Gasteiger partial charge in [0.05, 0.1) is 31.3 Å². The summed E-state index contributed by atoms with van der Waals surface area (Å²) in [6.07, 6.45) is 0. The number of benzene rings is 2. The number of nitrogens with one attached hydrogen (secondary N) is 2. The maximum atomic E-state index is 5.56. The molecule has 2 aliphatic rings. The second kappa shape index (κ2) is 3.75. The Bertz CT molecular complexity index is 566. The summed E-state index contributed by atoms with van der Waals surface area (Å²) in [6, 6.07) is 12.8. The minimum absolute atomic E-state index is 0.725. The quantitative estimate of drug-likeness (QED) is 0.800. The Labute approximate surface area is 106 Å². The van der Waals surface area contributed by atoms with Gasteiger partial charge in [-0.15, -0.1) is 0 Å². The van der Waals surface area contributed by atoms with Gasteiger partial charge in [-0.3, -0.25) is 0 Å². The normalized spacial score (nSPS) is 15.8. The second-order valence-electron chi connectivity index (χ2n) is 4.69. The van der Waals surface area contributed by atoms with E-state index >= 15 is 0 Å². The van der Waals surface area contributed by atoms with E-state index in [4.69, 9.17) is 4.74 Å². The molecule has 90 valence electrons. The van der Waals surface area contributed by atoms with Gasteiger partial charge in [-0.25, -0.2) is 0 Å². The average molecular weight is 238 g/mol. The van der Waals surface area contributed by atoms with E-state index in [-0.39, 0.29) is 0 Å². The maximum absolute atomic E-state index is 5.56. The number of para-hydroxylation sites is 1. The third-order valence-corrected chi connectivity index (χ3v) is 3.68. The van der Waals surface area contributed by atoms with Gasteiger partial charge < -0.3 is 15.4 Å². The predicted molar refractivity (Wildman–Crippen MR) is 72.5 cm³/mol. The van der Waals surface area contributed by atoms with Gasteiger partial charge in [-0.2, -0.15) is 0 Å². The summed E-state index contributed by atoms with van der Waals surface area (Å²) in [6.45, 7) is 2.27. The van der Waals surface area contributed by atoms with Crippen LogP contribution in [-0.2, 0) is 18.0 Å². The first-order chi connectivity index (χ1) is 8.93. The monoisotopic (exact) mass is 238 g/mol. The highest BCUT2D eigenvalue weighted by atomic mass is 16.5. The number of fused-ring (bicyclic) bond motifs is 2. The molecule has 0 bridgehead atoms. The number of ether oxygens (including phenoxy) is 1. The molecule has 0 spiro atoms. The van der Waals surface area contributed by atoms with E-state index in [0.717, 1.165) is 19.9 Å². The predicted octanol–water partition coefficient (Wildman–Crippen LogP) is 3.18. The summed E-state index contributed by atoms with van der Waals surface area (Å²) < 4.78 is 5.56. The standard InChI is InChI=1S/C15H14N2O/c1-3-10-7-18-8-13(10)11(4-1)12-5-2-6-14-15(12)17-9-16-14/h1-6,16-17H,7-9H2. The van der Waals surface area contributed by atoms with Gasteiger partial charge in [0, 0.05) is 5.56 Å². The van der Waals surface area contributed by atoms with E-state index in [2.05, 4.69) is 47.0 Å². The zero-order valence-electron chi connectivity index (χ0n) is 9.99. The lowest BCUT2D eigenvalue weighted by atomic mass is 9.95. The molecule has 0 amide bonds. The van der Waals surface area contributed by atoms with Gasteiger partial charge in [-0.1, -0.05) is 30.3 Å². The largest absolute Gasteiger partial charge is 0.372 e. The topological polar surface area (TPSA) is 33.3 Å². The lowest BCUT2D eigenvalue weighted by molar-refractivity contribution is 0.134. The molecule has 0 atom stereocenters. The molecule has 2 aliphatic heterocycles. The summed E-state index contributed by atoms with van der Waals surface area (Å²) in [5.74, 6) is 0. The SMILES string of the molecule is c1cc2c(c(-c3cccc4c3NCN4)c1)COC2. The van der Waals surface area contributed by atoms with Crippen LogP contribution in [0.1, 0.15) is 11.1 Å². The average Bonchev–Trinajstić information content (AvgIpc) is 3.06. The molecule has 2 aromatic rings. The number of rotatable bonds is 1. The van der Waals surface area contributed by atoms with Crippen LogP contribution in [0.15, 0.2) is 36.4 Å². The second-order valence-corrected chi connectivity index (χ2v) is 4.69. The maximum Gasteiger partial charge on any atom is 0.0851 e. The molecule has 3 nitrogen and oxygen atoms in total. The van der Waals surface area contributed by atoms with Crippen molar-refractivity contribution in [2.24, 2.45) is 0 Å². The molecule has 3 heteroatoms. The third kappa shape index (κ3) is 1.34. The van der Waals surface area contributed by atoms with Gasteiger partial charge in [0.15, 0.2) is 0 Å². The van der Waals surface area contributed by atoms with Gasteiger partial charge in [-0.05, 0) is 22.8 Å². The summed E-state index contributed by atoms with van der Waals surface area (Å²) in [4.78, 5) is 0. The van der Waals surface area contributed by atoms with Gasteiger partial charge in [0.25, 0.3) is 0 Å². The smallest absolute Gasteiger partial charge is 0.0851 e. The molecular formula is C15H14N2O. The molecule has 2 aromatic carbocycles. The van der Waals surface area contributed by atoms with E-state index in [1.54, 1.807) is 0 Å². The highest BCUT2D eigenvalue weighted by molar-refractivity contribution is 5.90. The van der Waals surface area contributed by atoms with Crippen molar-refractivity contribution in [2.45, 2.75) is 13.2 Å². The van der Waals surface area contributed by atoms with Crippen LogP contribution >= 0.6 is 0 Å². The molecule has 0 aliphatic carbocycles. The first-order valence-corrected chi connectivity index (χ1v) is 6.23. The molecule has 0 radical (unpaired) electrons. The van der Waals surface area contributed by atoms with Crippen LogP contribution in [0.5, 0.6) is 0 Å². The minimum Gasteiger partial charge on any atom is -0.372 e. The fourth-order valence-electron chi connectivity index (χ4n) is 2.80. The highest BCUT2D eigenvalue weighted by Gasteiger charge is 2.20. The first-order valence-electron chi connectivity index (χ1n) is 6.23. The van der Waals surface area contributed by atoms with E-state index in [0.29, 0.717) is 0 Å². The molecular weight excluding hydrogens is 224 g/mol. The van der Waals surface area contributed by atoms with E-state index in [9.17, 15) is 0 Å². The number of anilines is 2. The van der Waals surface area contributed by atoms with E-state index in [1.807, 2.05) is 0 Å². The first kappa shape index (κ1) is 9.97. The van der Waals surface area contributed by atoms with E-state index < -0.39 is 0 Å². The molecule has 0 saturated carbocycles. The fourth-order valence-corrected chi connectivity index (χ4v) is 2.80. The Morgan fingerprint density at radius 2 is 1.78 bits per heavy atom. The zero-order chi connectivity index (χ0) is 11.9. The number of hydrogen-bond donors (Lipinski definition) is 2. The van der Waals surface area contributed by atoms with Crippen LogP contribution in [0.4, 0.5) is 11.4 Å². The van der Waals surface area contributed by atoms with Crippen molar-refractivity contribution in [1.82, 2.24) is 0 Å². The van der Waals surface area contributed by atoms with Crippen LogP contribution < -0.4 is 10.6 Å². The summed E-state index contributed by atoms with van der Waals surface area (Å²) in [7, 11) is 0. The van der Waals surface area contributed by atoms with Crippen LogP contribution in [0.3, 0.4) is 0 Å². The Balaban J connectivity index is 1.95. The fraction of sp³-hybridized carbons (Fsp3) is 0.200. The van der Waals surface area contributed by atoms with Crippen molar-refractivity contribution in [3.05, 3.63) is 47.5 Å². The Morgan fingerprint density at radius 3 is 2.78 bits per heavy atom.